The Labute approximate surface area is 140 Å². The maximum absolute atomic E-state index is 12.0. The van der Waals surface area contributed by atoms with E-state index in [0.29, 0.717) is 23.0 Å². The highest BCUT2D eigenvalue weighted by Gasteiger charge is 2.06. The summed E-state index contributed by atoms with van der Waals surface area (Å²) in [6.07, 6.45) is 0.359. The van der Waals surface area contributed by atoms with Crippen LogP contribution in [0.15, 0.2) is 36.4 Å². The summed E-state index contributed by atoms with van der Waals surface area (Å²) >= 11 is 12.0. The van der Waals surface area contributed by atoms with Crippen molar-refractivity contribution in [1.29, 1.82) is 0 Å². The molecule has 22 heavy (non-hydrogen) atoms. The predicted octanol–water partition coefficient (Wildman–Crippen LogP) is 5.05. The first-order chi connectivity index (χ1) is 10.5. The molecule has 0 saturated heterocycles. The molecule has 2 aromatic carbocycles. The minimum absolute atomic E-state index is 0.0578. The van der Waals surface area contributed by atoms with Gasteiger partial charge in [0, 0.05) is 34.4 Å². The number of anilines is 2. The summed E-state index contributed by atoms with van der Waals surface area (Å²) in [7, 11) is 0. The lowest BCUT2D eigenvalue weighted by Gasteiger charge is -2.12. The van der Waals surface area contributed by atoms with Gasteiger partial charge < -0.3 is 10.6 Å². The molecule has 0 bridgehead atoms. The molecule has 3 nitrogen and oxygen atoms in total. The Kier molecular flexibility index (Phi) is 5.69. The van der Waals surface area contributed by atoms with Gasteiger partial charge in [-0.05, 0) is 49.2 Å². The van der Waals surface area contributed by atoms with Crippen molar-refractivity contribution in [3.8, 4) is 0 Å². The Balaban J connectivity index is 1.88. The third kappa shape index (κ3) is 4.39. The van der Waals surface area contributed by atoms with E-state index in [1.54, 1.807) is 12.1 Å². The molecule has 0 unspecified atom stereocenters. The second-order valence-electron chi connectivity index (χ2n) is 5.10. The quantitative estimate of drug-likeness (QED) is 0.801. The molecule has 0 radical (unpaired) electrons. The maximum Gasteiger partial charge on any atom is 0.226 e. The van der Waals surface area contributed by atoms with Crippen LogP contribution in [0.2, 0.25) is 10.0 Å². The van der Waals surface area contributed by atoms with Gasteiger partial charge in [-0.1, -0.05) is 35.3 Å². The zero-order chi connectivity index (χ0) is 16.1. The topological polar surface area (TPSA) is 41.1 Å². The van der Waals surface area contributed by atoms with Gasteiger partial charge in [0.05, 0.1) is 0 Å². The zero-order valence-electron chi connectivity index (χ0n) is 12.5. The van der Waals surface area contributed by atoms with Crippen molar-refractivity contribution in [2.24, 2.45) is 0 Å². The Morgan fingerprint density at radius 1 is 1.09 bits per heavy atom. The number of carbonyl (C=O) groups is 1. The molecule has 0 aliphatic heterocycles. The van der Waals surface area contributed by atoms with Crippen LogP contribution < -0.4 is 10.6 Å². The van der Waals surface area contributed by atoms with Crippen LogP contribution in [0.5, 0.6) is 0 Å². The Bertz CT molecular complexity index is 686. The van der Waals surface area contributed by atoms with E-state index in [1.165, 1.54) is 0 Å². The Morgan fingerprint density at radius 2 is 1.86 bits per heavy atom. The molecule has 0 aliphatic rings. The minimum atomic E-state index is -0.0578. The van der Waals surface area contributed by atoms with Crippen LogP contribution in [0.3, 0.4) is 0 Å². The fraction of sp³-hybridized carbons (Fsp3) is 0.235. The second kappa shape index (κ2) is 7.52. The van der Waals surface area contributed by atoms with Crippen LogP contribution in [0, 0.1) is 13.8 Å². The summed E-state index contributed by atoms with van der Waals surface area (Å²) in [4.78, 5) is 12.0. The Morgan fingerprint density at radius 3 is 2.64 bits per heavy atom. The molecule has 116 valence electrons. The van der Waals surface area contributed by atoms with Crippen LogP contribution in [0.4, 0.5) is 11.4 Å². The second-order valence-corrected chi connectivity index (χ2v) is 5.94. The highest BCUT2D eigenvalue weighted by atomic mass is 35.5. The molecule has 2 N–H and O–H groups in total. The number of carbonyl (C=O) groups excluding carboxylic acids is 1. The number of rotatable bonds is 5. The summed E-state index contributed by atoms with van der Waals surface area (Å²) in [5.74, 6) is -0.0578. The standard InChI is InChI=1S/C17H18Cl2N2O/c1-11-6-7-13(18)10-16(11)21-17(22)8-9-20-15-5-3-4-14(19)12(15)2/h3-7,10,20H,8-9H2,1-2H3,(H,21,22). The number of aryl methyl sites for hydroxylation is 1. The third-order valence-electron chi connectivity index (χ3n) is 3.41. The van der Waals surface area contributed by atoms with Crippen LogP contribution in [0.25, 0.3) is 0 Å². The monoisotopic (exact) mass is 336 g/mol. The molecule has 2 rings (SSSR count). The van der Waals surface area contributed by atoms with Crippen molar-refractivity contribution >= 4 is 40.5 Å². The SMILES string of the molecule is Cc1ccc(Cl)cc1NC(=O)CCNc1cccc(Cl)c1C. The van der Waals surface area contributed by atoms with Gasteiger partial charge in [-0.25, -0.2) is 0 Å². The average Bonchev–Trinajstić information content (AvgIpc) is 2.47. The lowest BCUT2D eigenvalue weighted by Crippen LogP contribution is -2.17. The first-order valence-corrected chi connectivity index (χ1v) is 7.78. The third-order valence-corrected chi connectivity index (χ3v) is 4.05. The van der Waals surface area contributed by atoms with E-state index in [2.05, 4.69) is 10.6 Å². The zero-order valence-corrected chi connectivity index (χ0v) is 14.1. The normalized spacial score (nSPS) is 10.4. The van der Waals surface area contributed by atoms with E-state index in [9.17, 15) is 4.79 Å². The van der Waals surface area contributed by atoms with Gasteiger partial charge >= 0.3 is 0 Å². The molecule has 0 heterocycles. The van der Waals surface area contributed by atoms with Gasteiger partial charge in [0.1, 0.15) is 0 Å². The number of amides is 1. The number of halogens is 2. The molecule has 0 saturated carbocycles. The fourth-order valence-corrected chi connectivity index (χ4v) is 2.40. The van der Waals surface area contributed by atoms with E-state index >= 15 is 0 Å². The molecule has 0 atom stereocenters. The van der Waals surface area contributed by atoms with E-state index in [4.69, 9.17) is 23.2 Å². The van der Waals surface area contributed by atoms with Crippen molar-refractivity contribution in [3.63, 3.8) is 0 Å². The van der Waals surface area contributed by atoms with E-state index in [1.807, 2.05) is 38.1 Å². The number of hydrogen-bond donors (Lipinski definition) is 2. The molecule has 0 spiro atoms. The van der Waals surface area contributed by atoms with E-state index < -0.39 is 0 Å². The summed E-state index contributed by atoms with van der Waals surface area (Å²) in [5.41, 5.74) is 3.65. The first-order valence-electron chi connectivity index (χ1n) is 7.02. The van der Waals surface area contributed by atoms with Crippen molar-refractivity contribution in [1.82, 2.24) is 0 Å². The van der Waals surface area contributed by atoms with Gasteiger partial charge in [0.15, 0.2) is 0 Å². The largest absolute Gasteiger partial charge is 0.384 e. The lowest BCUT2D eigenvalue weighted by atomic mass is 10.2. The van der Waals surface area contributed by atoms with Crippen molar-refractivity contribution in [2.75, 3.05) is 17.2 Å². The van der Waals surface area contributed by atoms with Gasteiger partial charge in [-0.2, -0.15) is 0 Å². The fourth-order valence-electron chi connectivity index (χ4n) is 2.05. The smallest absolute Gasteiger partial charge is 0.226 e. The molecular weight excluding hydrogens is 319 g/mol. The molecule has 1 amide bonds. The minimum Gasteiger partial charge on any atom is -0.384 e. The Hall–Kier alpha value is -1.71. The first kappa shape index (κ1) is 16.7. The van der Waals surface area contributed by atoms with Crippen molar-refractivity contribution in [2.45, 2.75) is 20.3 Å². The van der Waals surface area contributed by atoms with Crippen LogP contribution >= 0.6 is 23.2 Å². The average molecular weight is 337 g/mol. The van der Waals surface area contributed by atoms with Crippen LogP contribution in [-0.2, 0) is 4.79 Å². The summed E-state index contributed by atoms with van der Waals surface area (Å²) in [6.45, 7) is 4.41. The maximum atomic E-state index is 12.0. The summed E-state index contributed by atoms with van der Waals surface area (Å²) < 4.78 is 0. The summed E-state index contributed by atoms with van der Waals surface area (Å²) in [6, 6.07) is 11.1. The molecule has 5 heteroatoms. The number of benzene rings is 2. The van der Waals surface area contributed by atoms with Gasteiger partial charge in [-0.3, -0.25) is 4.79 Å². The van der Waals surface area contributed by atoms with Crippen molar-refractivity contribution < 1.29 is 4.79 Å². The molecule has 0 aliphatic carbocycles. The molecular formula is C17H18Cl2N2O. The predicted molar refractivity (Wildman–Crippen MR) is 94.1 cm³/mol. The molecule has 2 aromatic rings. The lowest BCUT2D eigenvalue weighted by molar-refractivity contribution is -0.115. The van der Waals surface area contributed by atoms with Gasteiger partial charge in [0.25, 0.3) is 0 Å². The molecule has 0 fully saturated rings. The highest BCUT2D eigenvalue weighted by Crippen LogP contribution is 2.23. The van der Waals surface area contributed by atoms with Crippen LogP contribution in [-0.4, -0.2) is 12.5 Å². The van der Waals surface area contributed by atoms with Gasteiger partial charge in [0.2, 0.25) is 5.91 Å². The van der Waals surface area contributed by atoms with Crippen molar-refractivity contribution in [3.05, 3.63) is 57.6 Å². The number of nitrogens with one attached hydrogen (secondary N) is 2. The number of hydrogen-bond acceptors (Lipinski definition) is 2. The van der Waals surface area contributed by atoms with Crippen LogP contribution in [0.1, 0.15) is 17.5 Å². The van der Waals surface area contributed by atoms with Gasteiger partial charge in [-0.15, -0.1) is 0 Å². The van der Waals surface area contributed by atoms with E-state index in [0.717, 1.165) is 22.5 Å². The molecule has 0 aromatic heterocycles. The van der Waals surface area contributed by atoms with E-state index in [-0.39, 0.29) is 5.91 Å². The highest BCUT2D eigenvalue weighted by molar-refractivity contribution is 6.31. The summed E-state index contributed by atoms with van der Waals surface area (Å²) in [5, 5.41) is 7.42.